The fraction of sp³-hybridized carbons (Fsp3) is 0.500. The summed E-state index contributed by atoms with van der Waals surface area (Å²) in [6.45, 7) is -1.69. The minimum absolute atomic E-state index is 0. The van der Waals surface area contributed by atoms with Crippen molar-refractivity contribution in [2.45, 2.75) is 24.4 Å². The van der Waals surface area contributed by atoms with Crippen molar-refractivity contribution in [3.63, 3.8) is 0 Å². The second kappa shape index (κ2) is 21.8. The maximum Gasteiger partial charge on any atom is 2.00 e. The van der Waals surface area contributed by atoms with Crippen LogP contribution in [-0.2, 0) is 37.2 Å². The fourth-order valence-corrected chi connectivity index (χ4v) is 2.80. The number of rotatable bonds is 8. The van der Waals surface area contributed by atoms with Crippen molar-refractivity contribution in [2.24, 2.45) is 0 Å². The molecular weight excluding hydrogens is 623 g/mol. The molecule has 0 spiro atoms. The van der Waals surface area contributed by atoms with Gasteiger partial charge in [0.1, 0.15) is 27.9 Å². The number of aliphatic hydroxyl groups excluding tert-OH is 6. The third-order valence-electron chi connectivity index (χ3n) is 3.32. The molecule has 2 heterocycles. The number of carbonyl (C=O) groups is 2. The van der Waals surface area contributed by atoms with E-state index in [1.807, 2.05) is 0 Å². The molecule has 0 aliphatic carbocycles. The molecule has 0 saturated carbocycles. The van der Waals surface area contributed by atoms with Crippen LogP contribution in [0.25, 0.3) is 0 Å². The fourth-order valence-electron chi connectivity index (χ4n) is 2.02. The quantitative estimate of drug-likeness (QED) is 0.0809. The maximum atomic E-state index is 10.9. The van der Waals surface area contributed by atoms with Crippen molar-refractivity contribution in [2.75, 3.05) is 13.2 Å². The zero-order valence-corrected chi connectivity index (χ0v) is 23.7. The number of carbonyl (C=O) groups excluding carboxylic acids is 2. The molecule has 2 rings (SSSR count). The Labute approximate surface area is 248 Å². The predicted octanol–water partition coefficient (Wildman–Crippen LogP) is -11.1. The Bertz CT molecular complexity index is 824. The molecule has 0 amide bonds. The standard InChI is InChI=1S/2C6H9O9P.2Mg.5H2O/c2*7-1-2(8)4-3(9)5(6(10)14-4)15-16(11,12)13;;;;;;;/h2*2,4,7-9H,1H2,(H2,11,12,13);;;5*1H2/q;;2*+2;;;;;/p-4/t2*2-,4+;;;;;;;/m00......./s1. The number of phosphoric acid groups is 2. The van der Waals surface area contributed by atoms with Crippen molar-refractivity contribution in [1.82, 2.24) is 0 Å². The Balaban J connectivity index is -0.0000000890. The van der Waals surface area contributed by atoms with E-state index in [4.69, 9.17) is 20.4 Å². The van der Waals surface area contributed by atoms with Gasteiger partial charge in [-0.05, 0) is 0 Å². The number of esters is 2. The summed E-state index contributed by atoms with van der Waals surface area (Å²) in [5, 5.41) is 53.6. The van der Waals surface area contributed by atoms with Crippen molar-refractivity contribution in [3.05, 3.63) is 23.0 Å². The molecule has 2 aliphatic rings. The summed E-state index contributed by atoms with van der Waals surface area (Å²) < 4.78 is 36.3. The Kier molecular flexibility index (Phi) is 30.3. The van der Waals surface area contributed by atoms with E-state index >= 15 is 0 Å². The molecule has 0 aromatic rings. The number of cyclic esters (lactones) is 2. The summed E-state index contributed by atoms with van der Waals surface area (Å²) in [6.07, 6.45) is -6.61. The number of ether oxygens (including phenoxy) is 2. The zero-order chi connectivity index (χ0) is 25.0. The first-order valence-corrected chi connectivity index (χ1v) is 10.7. The molecule has 2 aliphatic heterocycles. The van der Waals surface area contributed by atoms with Gasteiger partial charge in [0.25, 0.3) is 11.5 Å². The molecule has 0 aromatic heterocycles. The van der Waals surface area contributed by atoms with Gasteiger partial charge in [-0.2, -0.15) is 0 Å². The molecule has 4 atom stereocenters. The number of hydrogen-bond donors (Lipinski definition) is 6. The molecule has 39 heavy (non-hydrogen) atoms. The molecule has 0 unspecified atom stereocenters. The van der Waals surface area contributed by atoms with Gasteiger partial charge in [-0.1, -0.05) is 0 Å². The van der Waals surface area contributed by atoms with E-state index in [0.29, 0.717) is 0 Å². The van der Waals surface area contributed by atoms with E-state index in [1.165, 1.54) is 0 Å². The van der Waals surface area contributed by atoms with Crippen LogP contribution in [0.3, 0.4) is 0 Å². The zero-order valence-electron chi connectivity index (χ0n) is 19.1. The van der Waals surface area contributed by atoms with Crippen LogP contribution in [0.5, 0.6) is 0 Å². The average Bonchev–Trinajstić information content (AvgIpc) is 3.10. The Hall–Kier alpha value is -0.908. The normalized spacial score (nSPS) is 19.1. The van der Waals surface area contributed by atoms with Gasteiger partial charge in [0.2, 0.25) is 0 Å². The van der Waals surface area contributed by atoms with E-state index in [2.05, 4.69) is 18.5 Å². The van der Waals surface area contributed by atoms with Gasteiger partial charge in [-0.3, -0.25) is 0 Å². The third kappa shape index (κ3) is 16.2. The first-order chi connectivity index (χ1) is 14.5. The van der Waals surface area contributed by atoms with Crippen molar-refractivity contribution in [1.29, 1.82) is 0 Å². The maximum absolute atomic E-state index is 10.9. The second-order valence-corrected chi connectivity index (χ2v) is 7.81. The van der Waals surface area contributed by atoms with E-state index in [0.717, 1.165) is 0 Å². The molecule has 0 saturated heterocycles. The van der Waals surface area contributed by atoms with Crippen LogP contribution in [0.15, 0.2) is 23.0 Å². The molecule has 16 N–H and O–H groups in total. The monoisotopic (exact) mass is 646 g/mol. The Morgan fingerprint density at radius 2 is 0.923 bits per heavy atom. The van der Waals surface area contributed by atoms with Crippen molar-refractivity contribution >= 4 is 73.7 Å². The molecule has 0 bridgehead atoms. The van der Waals surface area contributed by atoms with Crippen LogP contribution >= 0.6 is 15.6 Å². The number of hydrogen-bond acceptors (Lipinski definition) is 18. The first-order valence-electron chi connectivity index (χ1n) is 7.81. The van der Waals surface area contributed by atoms with Crippen LogP contribution in [0.2, 0.25) is 0 Å². The smallest absolute Gasteiger partial charge is 0.780 e. The van der Waals surface area contributed by atoms with Gasteiger partial charge in [-0.15, -0.1) is 0 Å². The van der Waals surface area contributed by atoms with E-state index < -0.39 is 88.3 Å². The SMILES string of the molecule is O.O.O.O.O.O=C1O[C@H]([C@@H](O)CO)C(O)=C1OP(=O)([O-])[O-].O=C1O[C@H]([C@@H](O)CO)C(O)=C1OP(=O)([O-])[O-].[Mg+2].[Mg+2]. The van der Waals surface area contributed by atoms with Crippen LogP contribution in [0, 0.1) is 0 Å². The van der Waals surface area contributed by atoms with Crippen LogP contribution in [0.4, 0.5) is 0 Å². The van der Waals surface area contributed by atoms with Gasteiger partial charge in [0, 0.05) is 0 Å². The molecule has 0 radical (unpaired) electrons. The topological polar surface area (TPSA) is 476 Å². The van der Waals surface area contributed by atoms with Crippen molar-refractivity contribution < 1.29 is 115 Å². The third-order valence-corrected chi connectivity index (χ3v) is 4.13. The second-order valence-electron chi connectivity index (χ2n) is 5.66. The largest absolute Gasteiger partial charge is 2.00 e. The summed E-state index contributed by atoms with van der Waals surface area (Å²) in [6, 6.07) is 0. The van der Waals surface area contributed by atoms with Gasteiger partial charge in [0.15, 0.2) is 23.7 Å². The molecule has 224 valence electrons. The average molecular weight is 647 g/mol. The molecular formula is C12H24Mg2O23P2. The van der Waals surface area contributed by atoms with Gasteiger partial charge in [-0.25, -0.2) is 9.59 Å². The Morgan fingerprint density at radius 1 is 0.692 bits per heavy atom. The molecule has 23 nitrogen and oxygen atoms in total. The van der Waals surface area contributed by atoms with Gasteiger partial charge < -0.3 is 105 Å². The van der Waals surface area contributed by atoms with Crippen LogP contribution in [0.1, 0.15) is 0 Å². The van der Waals surface area contributed by atoms with Gasteiger partial charge >= 0.3 is 58.0 Å². The molecule has 27 heteroatoms. The number of phosphoric ester groups is 2. The van der Waals surface area contributed by atoms with Crippen LogP contribution < -0.4 is 19.6 Å². The minimum atomic E-state index is -5.52. The first kappa shape index (κ1) is 54.2. The summed E-state index contributed by atoms with van der Waals surface area (Å²) in [7, 11) is -11.0. The van der Waals surface area contributed by atoms with Crippen molar-refractivity contribution in [3.8, 4) is 0 Å². The minimum Gasteiger partial charge on any atom is -0.780 e. The summed E-state index contributed by atoms with van der Waals surface area (Å²) >= 11 is 0. The van der Waals surface area contributed by atoms with E-state index in [-0.39, 0.29) is 73.5 Å². The van der Waals surface area contributed by atoms with E-state index in [1.54, 1.807) is 0 Å². The summed E-state index contributed by atoms with van der Waals surface area (Å²) in [4.78, 5) is 62.7. The predicted molar refractivity (Wildman–Crippen MR) is 112 cm³/mol. The molecule has 0 fully saturated rings. The number of aliphatic hydroxyl groups is 6. The summed E-state index contributed by atoms with van der Waals surface area (Å²) in [5.74, 6) is -7.35. The van der Waals surface area contributed by atoms with Crippen LogP contribution in [-0.4, -0.2) is 154 Å². The summed E-state index contributed by atoms with van der Waals surface area (Å²) in [5.41, 5.74) is 0. The van der Waals surface area contributed by atoms with Gasteiger partial charge in [0.05, 0.1) is 13.2 Å². The Morgan fingerprint density at radius 3 is 1.10 bits per heavy atom. The molecule has 0 aromatic carbocycles. The van der Waals surface area contributed by atoms with E-state index in [9.17, 15) is 48.5 Å².